The van der Waals surface area contributed by atoms with Crippen LogP contribution in [-0.2, 0) is 20.9 Å². The lowest BCUT2D eigenvalue weighted by Gasteiger charge is -2.08. The first-order chi connectivity index (χ1) is 14.5. The van der Waals surface area contributed by atoms with Crippen molar-refractivity contribution in [3.8, 4) is 0 Å². The molecule has 0 aliphatic carbocycles. The van der Waals surface area contributed by atoms with Gasteiger partial charge in [0.05, 0.1) is 23.1 Å². The van der Waals surface area contributed by atoms with E-state index in [1.165, 1.54) is 0 Å². The van der Waals surface area contributed by atoms with E-state index in [9.17, 15) is 14.4 Å². The lowest BCUT2D eigenvalue weighted by Crippen LogP contribution is -2.39. The van der Waals surface area contributed by atoms with Crippen molar-refractivity contribution in [1.82, 2.24) is 25.2 Å². The number of amides is 2. The predicted octanol–water partition coefficient (Wildman–Crippen LogP) is 1.44. The molecule has 3 N–H and O–H groups in total. The molecule has 0 fully saturated rings. The zero-order valence-electron chi connectivity index (χ0n) is 16.0. The molecule has 0 bridgehead atoms. The Morgan fingerprint density at radius 2 is 1.53 bits per heavy atom. The Morgan fingerprint density at radius 1 is 0.867 bits per heavy atom. The summed E-state index contributed by atoms with van der Waals surface area (Å²) in [6.07, 6.45) is 0.133. The first kappa shape index (κ1) is 19.3. The Bertz CT molecular complexity index is 1280. The predicted molar refractivity (Wildman–Crippen MR) is 111 cm³/mol. The second-order valence-corrected chi connectivity index (χ2v) is 6.75. The Morgan fingerprint density at radius 3 is 2.30 bits per heavy atom. The third kappa shape index (κ3) is 3.90. The quantitative estimate of drug-likeness (QED) is 0.427. The fraction of sp³-hybridized carbons (Fsp3) is 0.190. The van der Waals surface area contributed by atoms with Crippen LogP contribution in [0.2, 0.25) is 0 Å². The van der Waals surface area contributed by atoms with Crippen molar-refractivity contribution >= 4 is 50.9 Å². The highest BCUT2D eigenvalue weighted by atomic mass is 16.4. The molecule has 0 aliphatic heterocycles. The molecule has 0 radical (unpaired) electrons. The van der Waals surface area contributed by atoms with Gasteiger partial charge < -0.3 is 20.3 Å². The van der Waals surface area contributed by atoms with Crippen LogP contribution in [0.3, 0.4) is 0 Å². The number of carboxylic acid groups (broad SMARTS) is 1. The average Bonchev–Trinajstić information content (AvgIpc) is 3.06. The Balaban J connectivity index is 1.54. The number of para-hydroxylation sites is 3. The van der Waals surface area contributed by atoms with Crippen molar-refractivity contribution in [2.75, 3.05) is 13.1 Å². The Kier molecular flexibility index (Phi) is 5.25. The first-order valence-corrected chi connectivity index (χ1v) is 9.42. The lowest BCUT2D eigenvalue weighted by molar-refractivity contribution is -0.137. The van der Waals surface area contributed by atoms with E-state index in [1.54, 1.807) is 0 Å². The molecule has 30 heavy (non-hydrogen) atoms. The van der Waals surface area contributed by atoms with Crippen molar-refractivity contribution in [1.29, 1.82) is 0 Å². The topological polar surface area (TPSA) is 126 Å². The molecular formula is C21H19N5O4. The molecule has 0 aliphatic rings. The van der Waals surface area contributed by atoms with E-state index in [0.29, 0.717) is 12.2 Å². The van der Waals surface area contributed by atoms with Gasteiger partial charge in [-0.15, -0.1) is 0 Å². The normalized spacial score (nSPS) is 11.1. The number of carboxylic acids is 1. The van der Waals surface area contributed by atoms with Crippen LogP contribution in [0.1, 0.15) is 6.42 Å². The van der Waals surface area contributed by atoms with Gasteiger partial charge in [0.2, 0.25) is 11.8 Å². The van der Waals surface area contributed by atoms with Crippen LogP contribution in [0.25, 0.3) is 33.1 Å². The number of aromatic nitrogens is 3. The summed E-state index contributed by atoms with van der Waals surface area (Å²) in [5.41, 5.74) is 3.97. The molecule has 152 valence electrons. The summed E-state index contributed by atoms with van der Waals surface area (Å²) in [5, 5.41) is 14.2. The number of benzene rings is 2. The van der Waals surface area contributed by atoms with Crippen molar-refractivity contribution in [2.24, 2.45) is 0 Å². The van der Waals surface area contributed by atoms with Gasteiger partial charge >= 0.3 is 5.97 Å². The van der Waals surface area contributed by atoms with Crippen molar-refractivity contribution in [3.63, 3.8) is 0 Å². The number of aryl methyl sites for hydroxylation is 1. The molecule has 0 saturated carbocycles. The minimum Gasteiger partial charge on any atom is -0.480 e. The number of nitrogens with one attached hydrogen (secondary N) is 2. The molecule has 0 spiro atoms. The number of nitrogens with zero attached hydrogens (tertiary/aromatic N) is 3. The summed E-state index contributed by atoms with van der Waals surface area (Å²) in [4.78, 5) is 43.7. The van der Waals surface area contributed by atoms with E-state index in [1.807, 2.05) is 53.1 Å². The van der Waals surface area contributed by atoms with Crippen LogP contribution >= 0.6 is 0 Å². The van der Waals surface area contributed by atoms with Gasteiger partial charge in [0.25, 0.3) is 0 Å². The minimum absolute atomic E-state index is 0.133. The standard InChI is InChI=1S/C21H19N5O4/c27-17(22-11-18(28)23-12-19(29)30)9-10-26-16-8-4-1-5-13(16)20-21(26)25-15-7-3-2-6-14(15)24-20/h1-8H,9-12H2,(H,22,27)(H,23,28)(H,29,30). The van der Waals surface area contributed by atoms with Gasteiger partial charge in [0.1, 0.15) is 12.1 Å². The molecule has 4 aromatic rings. The summed E-state index contributed by atoms with van der Waals surface area (Å²) >= 11 is 0. The van der Waals surface area contributed by atoms with Gasteiger partial charge in [-0.2, -0.15) is 0 Å². The number of fused-ring (bicyclic) bond motifs is 4. The lowest BCUT2D eigenvalue weighted by atomic mass is 10.2. The van der Waals surface area contributed by atoms with Crippen LogP contribution in [0.15, 0.2) is 48.5 Å². The Hall–Kier alpha value is -4.01. The first-order valence-electron chi connectivity index (χ1n) is 9.42. The number of hydrogen-bond donors (Lipinski definition) is 3. The minimum atomic E-state index is -1.14. The van der Waals surface area contributed by atoms with E-state index in [-0.39, 0.29) is 18.9 Å². The third-order valence-corrected chi connectivity index (χ3v) is 4.70. The van der Waals surface area contributed by atoms with E-state index in [4.69, 9.17) is 15.1 Å². The van der Waals surface area contributed by atoms with Crippen LogP contribution in [0.5, 0.6) is 0 Å². The second-order valence-electron chi connectivity index (χ2n) is 6.75. The van der Waals surface area contributed by atoms with Gasteiger partial charge in [-0.25, -0.2) is 9.97 Å². The van der Waals surface area contributed by atoms with Crippen molar-refractivity contribution < 1.29 is 19.5 Å². The van der Waals surface area contributed by atoms with E-state index < -0.39 is 18.4 Å². The van der Waals surface area contributed by atoms with Crippen molar-refractivity contribution in [3.05, 3.63) is 48.5 Å². The SMILES string of the molecule is O=C(O)CNC(=O)CNC(=O)CCn1c2ccccc2c2nc3ccccc3nc21. The van der Waals surface area contributed by atoms with Crippen LogP contribution in [0, 0.1) is 0 Å². The zero-order chi connectivity index (χ0) is 21.1. The van der Waals surface area contributed by atoms with Crippen molar-refractivity contribution in [2.45, 2.75) is 13.0 Å². The molecular weight excluding hydrogens is 386 g/mol. The van der Waals surface area contributed by atoms with Gasteiger partial charge in [-0.05, 0) is 18.2 Å². The summed E-state index contributed by atoms with van der Waals surface area (Å²) < 4.78 is 1.95. The summed E-state index contributed by atoms with van der Waals surface area (Å²) in [6.45, 7) is -0.397. The molecule has 9 nitrogen and oxygen atoms in total. The molecule has 0 saturated heterocycles. The highest BCUT2D eigenvalue weighted by molar-refractivity contribution is 6.06. The van der Waals surface area contributed by atoms with Crippen LogP contribution in [-0.4, -0.2) is 50.5 Å². The van der Waals surface area contributed by atoms with Gasteiger partial charge in [0, 0.05) is 18.4 Å². The number of carbonyl (C=O) groups excluding carboxylic acids is 2. The van der Waals surface area contributed by atoms with Gasteiger partial charge in [0.15, 0.2) is 5.65 Å². The molecule has 4 rings (SSSR count). The fourth-order valence-electron chi connectivity index (χ4n) is 3.33. The Labute approximate surface area is 170 Å². The smallest absolute Gasteiger partial charge is 0.322 e. The maximum absolute atomic E-state index is 12.2. The summed E-state index contributed by atoms with van der Waals surface area (Å²) in [5.74, 6) is -2.02. The molecule has 0 unspecified atom stereocenters. The third-order valence-electron chi connectivity index (χ3n) is 4.70. The molecule has 9 heteroatoms. The fourth-order valence-corrected chi connectivity index (χ4v) is 3.33. The largest absolute Gasteiger partial charge is 0.480 e. The second kappa shape index (κ2) is 8.16. The number of aliphatic carboxylic acids is 1. The summed E-state index contributed by atoms with van der Waals surface area (Å²) in [6, 6.07) is 15.4. The number of hydrogen-bond acceptors (Lipinski definition) is 5. The van der Waals surface area contributed by atoms with Gasteiger partial charge in [-0.3, -0.25) is 14.4 Å². The molecule has 2 aromatic carbocycles. The van der Waals surface area contributed by atoms with E-state index >= 15 is 0 Å². The molecule has 2 amide bonds. The van der Waals surface area contributed by atoms with Crippen LogP contribution < -0.4 is 10.6 Å². The molecule has 2 heterocycles. The van der Waals surface area contributed by atoms with E-state index in [2.05, 4.69) is 10.6 Å². The highest BCUT2D eigenvalue weighted by Gasteiger charge is 2.15. The van der Waals surface area contributed by atoms with E-state index in [0.717, 1.165) is 27.5 Å². The maximum atomic E-state index is 12.2. The van der Waals surface area contributed by atoms with Crippen LogP contribution in [0.4, 0.5) is 0 Å². The number of carbonyl (C=O) groups is 3. The monoisotopic (exact) mass is 405 g/mol. The number of rotatable bonds is 7. The van der Waals surface area contributed by atoms with Gasteiger partial charge in [-0.1, -0.05) is 30.3 Å². The highest BCUT2D eigenvalue weighted by Crippen LogP contribution is 2.28. The molecule has 0 atom stereocenters. The maximum Gasteiger partial charge on any atom is 0.322 e. The zero-order valence-corrected chi connectivity index (χ0v) is 16.0. The summed E-state index contributed by atoms with van der Waals surface area (Å²) in [7, 11) is 0. The molecule has 2 aromatic heterocycles. The average molecular weight is 405 g/mol.